The predicted molar refractivity (Wildman–Crippen MR) is 98.2 cm³/mol. The van der Waals surface area contributed by atoms with Crippen molar-refractivity contribution in [3.05, 3.63) is 46.3 Å². The van der Waals surface area contributed by atoms with Gasteiger partial charge in [0, 0.05) is 30.6 Å². The molecule has 1 N–H and O–H groups in total. The van der Waals surface area contributed by atoms with Crippen molar-refractivity contribution in [2.45, 2.75) is 25.3 Å². The van der Waals surface area contributed by atoms with E-state index < -0.39 is 0 Å². The van der Waals surface area contributed by atoms with Crippen LogP contribution in [0, 0.1) is 5.41 Å². The van der Waals surface area contributed by atoms with Gasteiger partial charge in [0.2, 0.25) is 0 Å². The van der Waals surface area contributed by atoms with Crippen LogP contribution in [0.5, 0.6) is 0 Å². The van der Waals surface area contributed by atoms with Gasteiger partial charge >= 0.3 is 0 Å². The first-order chi connectivity index (χ1) is 12.5. The molecule has 138 valence electrons. The number of carbonyl (C=O) groups is 1. The van der Waals surface area contributed by atoms with Crippen molar-refractivity contribution in [1.82, 2.24) is 9.80 Å². The number of para-hydroxylation sites is 1. The number of hydrogen-bond acceptors (Lipinski definition) is 5. The number of rotatable bonds is 2. The monoisotopic (exact) mass is 356 g/mol. The molecule has 1 amide bonds. The summed E-state index contributed by atoms with van der Waals surface area (Å²) in [5.74, 6) is -0.165. The Morgan fingerprint density at radius 1 is 1.31 bits per heavy atom. The molecule has 0 aliphatic carbocycles. The first-order valence-electron chi connectivity index (χ1n) is 9.17. The molecule has 0 unspecified atom stereocenters. The molecule has 6 heteroatoms. The second-order valence-corrected chi connectivity index (χ2v) is 7.59. The number of benzene rings is 1. The summed E-state index contributed by atoms with van der Waals surface area (Å²) in [6, 6.07) is 8.39. The standard InChI is InChI=1S/C20H24N2O4/c1-21-9-4-7-20(13-23)8-10-22(12-18(20)21)19(25)17-11-15(24)14-5-2-3-6-16(14)26-17/h2-3,5-6,11,18,23H,4,7-10,12-13H2,1H3/t18-,20-/m1/s1. The first kappa shape index (κ1) is 17.2. The van der Waals surface area contributed by atoms with Gasteiger partial charge in [0.05, 0.1) is 12.0 Å². The van der Waals surface area contributed by atoms with Gasteiger partial charge in [-0.15, -0.1) is 0 Å². The molecule has 26 heavy (non-hydrogen) atoms. The SMILES string of the molecule is CN1CCC[C@]2(CO)CCN(C(=O)c3cc(=O)c4ccccc4o3)C[C@@H]12. The quantitative estimate of drug-likeness (QED) is 0.887. The summed E-state index contributed by atoms with van der Waals surface area (Å²) in [6.45, 7) is 2.24. The predicted octanol–water partition coefficient (Wildman–Crippen LogP) is 1.71. The summed E-state index contributed by atoms with van der Waals surface area (Å²) in [5.41, 5.74) is 0.0973. The number of likely N-dealkylation sites (N-methyl/N-ethyl adjacent to an activating group) is 1. The zero-order valence-electron chi connectivity index (χ0n) is 15.0. The maximum absolute atomic E-state index is 13.0. The van der Waals surface area contributed by atoms with Crippen LogP contribution in [0.1, 0.15) is 29.8 Å². The van der Waals surface area contributed by atoms with E-state index in [1.54, 1.807) is 29.2 Å². The molecule has 6 nitrogen and oxygen atoms in total. The molecular weight excluding hydrogens is 332 g/mol. The van der Waals surface area contributed by atoms with E-state index in [1.165, 1.54) is 6.07 Å². The molecule has 2 saturated heterocycles. The molecule has 0 radical (unpaired) electrons. The maximum Gasteiger partial charge on any atom is 0.289 e. The average molecular weight is 356 g/mol. The van der Waals surface area contributed by atoms with Crippen LogP contribution in [0.4, 0.5) is 0 Å². The van der Waals surface area contributed by atoms with E-state index in [9.17, 15) is 14.7 Å². The van der Waals surface area contributed by atoms with Crippen LogP contribution in [0.2, 0.25) is 0 Å². The minimum atomic E-state index is -0.252. The molecule has 2 fully saturated rings. The lowest BCUT2D eigenvalue weighted by atomic mass is 9.69. The fraction of sp³-hybridized carbons (Fsp3) is 0.500. The summed E-state index contributed by atoms with van der Waals surface area (Å²) in [4.78, 5) is 29.3. The number of carbonyl (C=O) groups excluding carboxylic acids is 1. The number of piperidine rings is 2. The lowest BCUT2D eigenvalue weighted by Gasteiger charge is -2.53. The van der Waals surface area contributed by atoms with Gasteiger partial charge in [-0.1, -0.05) is 12.1 Å². The van der Waals surface area contributed by atoms with Crippen molar-refractivity contribution in [1.29, 1.82) is 0 Å². The third-order valence-electron chi connectivity index (χ3n) is 6.14. The van der Waals surface area contributed by atoms with E-state index in [-0.39, 0.29) is 35.2 Å². The highest BCUT2D eigenvalue weighted by Crippen LogP contribution is 2.41. The Bertz CT molecular complexity index is 893. The molecule has 2 aromatic rings. The van der Waals surface area contributed by atoms with Gasteiger partial charge in [0.25, 0.3) is 5.91 Å². The lowest BCUT2D eigenvalue weighted by molar-refractivity contribution is -0.0605. The van der Waals surface area contributed by atoms with E-state index >= 15 is 0 Å². The van der Waals surface area contributed by atoms with Crippen molar-refractivity contribution in [3.63, 3.8) is 0 Å². The van der Waals surface area contributed by atoms with Crippen LogP contribution in [-0.4, -0.2) is 60.1 Å². The van der Waals surface area contributed by atoms with Gasteiger partial charge in [-0.2, -0.15) is 0 Å². The van der Waals surface area contributed by atoms with Crippen LogP contribution in [0.3, 0.4) is 0 Å². The summed E-state index contributed by atoms with van der Waals surface area (Å²) in [6.07, 6.45) is 2.83. The fourth-order valence-electron chi connectivity index (χ4n) is 4.57. The number of nitrogens with zero attached hydrogens (tertiary/aromatic N) is 2. The molecule has 1 aromatic heterocycles. The largest absolute Gasteiger partial charge is 0.451 e. The van der Waals surface area contributed by atoms with E-state index in [1.807, 2.05) is 0 Å². The van der Waals surface area contributed by atoms with Gasteiger partial charge in [-0.25, -0.2) is 0 Å². The molecule has 0 bridgehead atoms. The Kier molecular flexibility index (Phi) is 4.32. The van der Waals surface area contributed by atoms with Crippen LogP contribution >= 0.6 is 0 Å². The Morgan fingerprint density at radius 2 is 2.12 bits per heavy atom. The molecule has 0 spiro atoms. The highest BCUT2D eigenvalue weighted by Gasteiger charge is 2.47. The number of aliphatic hydroxyl groups excluding tert-OH is 1. The normalized spacial score (nSPS) is 26.7. The van der Waals surface area contributed by atoms with Gasteiger partial charge in [-0.05, 0) is 45.0 Å². The van der Waals surface area contributed by atoms with Crippen LogP contribution in [0.15, 0.2) is 39.5 Å². The molecule has 1 aromatic carbocycles. The Morgan fingerprint density at radius 3 is 2.92 bits per heavy atom. The number of amides is 1. The smallest absolute Gasteiger partial charge is 0.289 e. The molecule has 3 heterocycles. The first-order valence-corrected chi connectivity index (χ1v) is 9.17. The minimum Gasteiger partial charge on any atom is -0.451 e. The molecule has 4 rings (SSSR count). The van der Waals surface area contributed by atoms with Gasteiger partial charge in [0.15, 0.2) is 11.2 Å². The molecule has 0 saturated carbocycles. The summed E-state index contributed by atoms with van der Waals surface area (Å²) in [7, 11) is 2.05. The van der Waals surface area contributed by atoms with E-state index in [2.05, 4.69) is 11.9 Å². The van der Waals surface area contributed by atoms with Gasteiger partial charge in [0.1, 0.15) is 5.58 Å². The third-order valence-corrected chi connectivity index (χ3v) is 6.14. The number of fused-ring (bicyclic) bond motifs is 2. The second kappa shape index (κ2) is 6.52. The number of hydrogen-bond donors (Lipinski definition) is 1. The van der Waals surface area contributed by atoms with Crippen molar-refractivity contribution in [2.75, 3.05) is 33.3 Å². The average Bonchev–Trinajstić information content (AvgIpc) is 2.67. The van der Waals surface area contributed by atoms with Crippen molar-refractivity contribution < 1.29 is 14.3 Å². The van der Waals surface area contributed by atoms with Crippen LogP contribution in [-0.2, 0) is 0 Å². The van der Waals surface area contributed by atoms with Gasteiger partial charge in [-0.3, -0.25) is 9.59 Å². The zero-order chi connectivity index (χ0) is 18.3. The highest BCUT2D eigenvalue weighted by molar-refractivity contribution is 5.93. The summed E-state index contributed by atoms with van der Waals surface area (Å²) >= 11 is 0. The van der Waals surface area contributed by atoms with Crippen molar-refractivity contribution >= 4 is 16.9 Å². The minimum absolute atomic E-state index is 0.0867. The van der Waals surface area contributed by atoms with Crippen LogP contribution in [0.25, 0.3) is 11.0 Å². The van der Waals surface area contributed by atoms with Crippen molar-refractivity contribution in [2.24, 2.45) is 5.41 Å². The molecular formula is C20H24N2O4. The molecule has 2 aliphatic heterocycles. The third kappa shape index (κ3) is 2.73. The van der Waals surface area contributed by atoms with E-state index in [0.29, 0.717) is 24.1 Å². The van der Waals surface area contributed by atoms with Crippen LogP contribution < -0.4 is 5.43 Å². The summed E-state index contributed by atoms with van der Waals surface area (Å²) < 4.78 is 5.72. The Hall–Kier alpha value is -2.18. The van der Waals surface area contributed by atoms with E-state index in [4.69, 9.17) is 4.42 Å². The zero-order valence-corrected chi connectivity index (χ0v) is 15.0. The number of likely N-dealkylation sites (tertiary alicyclic amines) is 2. The molecule has 2 aliphatic rings. The fourth-order valence-corrected chi connectivity index (χ4v) is 4.57. The van der Waals surface area contributed by atoms with Gasteiger partial charge < -0.3 is 19.3 Å². The summed E-state index contributed by atoms with van der Waals surface area (Å²) in [5, 5.41) is 10.5. The Balaban J connectivity index is 1.62. The van der Waals surface area contributed by atoms with Crippen molar-refractivity contribution in [3.8, 4) is 0 Å². The van der Waals surface area contributed by atoms with E-state index in [0.717, 1.165) is 25.8 Å². The number of aliphatic hydroxyl groups is 1. The second-order valence-electron chi connectivity index (χ2n) is 7.59. The maximum atomic E-state index is 13.0. The lowest BCUT2D eigenvalue weighted by Crippen LogP contribution is -2.62. The molecule has 2 atom stereocenters. The highest BCUT2D eigenvalue weighted by atomic mass is 16.3. The topological polar surface area (TPSA) is 74.0 Å². The Labute approximate surface area is 152 Å².